The van der Waals surface area contributed by atoms with Crippen molar-refractivity contribution in [2.75, 3.05) is 13.7 Å². The van der Waals surface area contributed by atoms with Crippen molar-refractivity contribution in [2.45, 2.75) is 44.7 Å². The van der Waals surface area contributed by atoms with Crippen LogP contribution in [0.3, 0.4) is 0 Å². The van der Waals surface area contributed by atoms with Crippen LogP contribution in [-0.4, -0.2) is 36.4 Å². The fourth-order valence-electron chi connectivity index (χ4n) is 3.55. The van der Waals surface area contributed by atoms with Gasteiger partial charge < -0.3 is 15.0 Å². The van der Waals surface area contributed by atoms with E-state index in [-0.39, 0.29) is 17.7 Å². The van der Waals surface area contributed by atoms with Gasteiger partial charge in [0.2, 0.25) is 11.8 Å². The van der Waals surface area contributed by atoms with E-state index in [2.05, 4.69) is 5.32 Å². The van der Waals surface area contributed by atoms with Crippen molar-refractivity contribution >= 4 is 11.8 Å². The van der Waals surface area contributed by atoms with E-state index in [0.29, 0.717) is 25.6 Å². The van der Waals surface area contributed by atoms with Gasteiger partial charge in [0.15, 0.2) is 0 Å². The lowest BCUT2D eigenvalue weighted by Crippen LogP contribution is -2.36. The van der Waals surface area contributed by atoms with E-state index in [1.165, 1.54) is 12.8 Å². The van der Waals surface area contributed by atoms with E-state index in [9.17, 15) is 9.59 Å². The van der Waals surface area contributed by atoms with Crippen molar-refractivity contribution in [3.63, 3.8) is 0 Å². The third kappa shape index (κ3) is 3.66. The summed E-state index contributed by atoms with van der Waals surface area (Å²) in [5, 5.41) is 2.95. The summed E-state index contributed by atoms with van der Waals surface area (Å²) in [7, 11) is 1.63. The van der Waals surface area contributed by atoms with Gasteiger partial charge in [0.25, 0.3) is 0 Å². The van der Waals surface area contributed by atoms with Gasteiger partial charge in [-0.25, -0.2) is 0 Å². The Hall–Kier alpha value is -2.04. The number of carbonyl (C=O) groups is 2. The fourth-order valence-corrected chi connectivity index (χ4v) is 3.55. The molecule has 124 valence electrons. The van der Waals surface area contributed by atoms with Crippen LogP contribution in [0.5, 0.6) is 5.75 Å². The zero-order valence-electron chi connectivity index (χ0n) is 13.6. The van der Waals surface area contributed by atoms with Gasteiger partial charge >= 0.3 is 0 Å². The Bertz CT molecular complexity index is 564. The molecule has 2 amide bonds. The smallest absolute Gasteiger partial charge is 0.225 e. The summed E-state index contributed by atoms with van der Waals surface area (Å²) in [6, 6.07) is 7.99. The largest absolute Gasteiger partial charge is 0.497 e. The summed E-state index contributed by atoms with van der Waals surface area (Å²) in [5.41, 5.74) is 1.02. The van der Waals surface area contributed by atoms with Crippen LogP contribution < -0.4 is 10.1 Å². The first-order chi connectivity index (χ1) is 11.2. The molecule has 0 bridgehead atoms. The lowest BCUT2D eigenvalue weighted by molar-refractivity contribution is -0.130. The van der Waals surface area contributed by atoms with Crippen LogP contribution in [0.25, 0.3) is 0 Å². The Labute approximate surface area is 137 Å². The maximum Gasteiger partial charge on any atom is 0.225 e. The zero-order chi connectivity index (χ0) is 16.2. The summed E-state index contributed by atoms with van der Waals surface area (Å²) >= 11 is 0. The molecule has 1 aromatic carbocycles. The van der Waals surface area contributed by atoms with Crippen molar-refractivity contribution in [2.24, 2.45) is 5.92 Å². The van der Waals surface area contributed by atoms with Crippen LogP contribution in [-0.2, 0) is 16.1 Å². The molecule has 0 spiro atoms. The van der Waals surface area contributed by atoms with E-state index in [1.54, 1.807) is 7.11 Å². The number of rotatable bonds is 5. The molecule has 2 aliphatic rings. The van der Waals surface area contributed by atoms with Crippen molar-refractivity contribution in [1.82, 2.24) is 10.2 Å². The maximum atomic E-state index is 12.3. The molecule has 1 saturated carbocycles. The van der Waals surface area contributed by atoms with Crippen LogP contribution in [0.4, 0.5) is 0 Å². The monoisotopic (exact) mass is 316 g/mol. The Morgan fingerprint density at radius 2 is 1.96 bits per heavy atom. The lowest BCUT2D eigenvalue weighted by Gasteiger charge is -2.23. The predicted molar refractivity (Wildman–Crippen MR) is 86.9 cm³/mol. The molecular weight excluding hydrogens is 292 g/mol. The van der Waals surface area contributed by atoms with Gasteiger partial charge in [-0.3, -0.25) is 9.59 Å². The average Bonchev–Trinajstić information content (AvgIpc) is 3.22. The highest BCUT2D eigenvalue weighted by Crippen LogP contribution is 2.29. The lowest BCUT2D eigenvalue weighted by atomic mass is 10.1. The molecule has 5 heteroatoms. The minimum Gasteiger partial charge on any atom is -0.497 e. The number of nitrogens with zero attached hydrogens (tertiary/aromatic N) is 1. The van der Waals surface area contributed by atoms with Crippen LogP contribution in [0, 0.1) is 5.92 Å². The van der Waals surface area contributed by atoms with Crippen LogP contribution in [0.1, 0.15) is 37.7 Å². The summed E-state index contributed by atoms with van der Waals surface area (Å²) < 4.78 is 5.12. The predicted octanol–water partition coefficient (Wildman–Crippen LogP) is 2.10. The molecule has 3 rings (SSSR count). The fraction of sp³-hybridized carbons (Fsp3) is 0.556. The maximum absolute atomic E-state index is 12.3. The van der Waals surface area contributed by atoms with Crippen LogP contribution in [0.2, 0.25) is 0 Å². The minimum absolute atomic E-state index is 0.0188. The van der Waals surface area contributed by atoms with E-state index < -0.39 is 0 Å². The summed E-state index contributed by atoms with van der Waals surface area (Å²) in [6.45, 7) is 1.06. The van der Waals surface area contributed by atoms with Gasteiger partial charge in [-0.1, -0.05) is 25.0 Å². The third-order valence-corrected chi connectivity index (χ3v) is 4.92. The molecule has 1 N–H and O–H groups in total. The van der Waals surface area contributed by atoms with Gasteiger partial charge in [-0.15, -0.1) is 0 Å². The van der Waals surface area contributed by atoms with Gasteiger partial charge in [-0.2, -0.15) is 0 Å². The SMILES string of the molecule is COc1ccc(CNC(=O)[C@H]2CC(=O)N(C3CCCC3)C2)cc1. The molecule has 1 aromatic rings. The Balaban J connectivity index is 1.51. The topological polar surface area (TPSA) is 58.6 Å². The molecule has 1 aliphatic heterocycles. The van der Waals surface area contributed by atoms with Crippen LogP contribution in [0.15, 0.2) is 24.3 Å². The normalized spacial score (nSPS) is 21.7. The molecule has 1 aliphatic carbocycles. The number of amides is 2. The van der Waals surface area contributed by atoms with Crippen molar-refractivity contribution in [3.05, 3.63) is 29.8 Å². The first-order valence-electron chi connectivity index (χ1n) is 8.37. The quantitative estimate of drug-likeness (QED) is 0.905. The van der Waals surface area contributed by atoms with Crippen molar-refractivity contribution in [1.29, 1.82) is 0 Å². The Morgan fingerprint density at radius 1 is 1.26 bits per heavy atom. The minimum atomic E-state index is -0.207. The highest BCUT2D eigenvalue weighted by atomic mass is 16.5. The standard InChI is InChI=1S/C18H24N2O3/c1-23-16-8-6-13(7-9-16)11-19-18(22)14-10-17(21)20(12-14)15-4-2-3-5-15/h6-9,14-15H,2-5,10-12H2,1H3,(H,19,22)/t14-/m0/s1. The second-order valence-corrected chi connectivity index (χ2v) is 6.45. The summed E-state index contributed by atoms with van der Waals surface area (Å²) in [5.74, 6) is 0.714. The summed E-state index contributed by atoms with van der Waals surface area (Å²) in [4.78, 5) is 26.4. The number of methoxy groups -OCH3 is 1. The molecule has 1 atom stereocenters. The number of likely N-dealkylation sites (tertiary alicyclic amines) is 1. The second kappa shape index (κ2) is 7.02. The number of carbonyl (C=O) groups excluding carboxylic acids is 2. The molecule has 5 nitrogen and oxygen atoms in total. The number of benzene rings is 1. The highest BCUT2D eigenvalue weighted by molar-refractivity contribution is 5.89. The van der Waals surface area contributed by atoms with Crippen molar-refractivity contribution < 1.29 is 14.3 Å². The zero-order valence-corrected chi connectivity index (χ0v) is 13.6. The third-order valence-electron chi connectivity index (χ3n) is 4.92. The van der Waals surface area contributed by atoms with Gasteiger partial charge in [0, 0.05) is 25.6 Å². The molecule has 2 fully saturated rings. The number of hydrogen-bond acceptors (Lipinski definition) is 3. The van der Waals surface area contributed by atoms with Crippen LogP contribution >= 0.6 is 0 Å². The number of nitrogens with one attached hydrogen (secondary N) is 1. The number of ether oxygens (including phenoxy) is 1. The first-order valence-corrected chi connectivity index (χ1v) is 8.37. The molecule has 0 aromatic heterocycles. The second-order valence-electron chi connectivity index (χ2n) is 6.45. The van der Waals surface area contributed by atoms with E-state index in [0.717, 1.165) is 24.2 Å². The van der Waals surface area contributed by atoms with E-state index in [4.69, 9.17) is 4.74 Å². The van der Waals surface area contributed by atoms with Gasteiger partial charge in [0.1, 0.15) is 5.75 Å². The molecule has 1 saturated heterocycles. The van der Waals surface area contributed by atoms with Gasteiger partial charge in [-0.05, 0) is 30.5 Å². The van der Waals surface area contributed by atoms with E-state index in [1.807, 2.05) is 29.2 Å². The molecular formula is C18H24N2O3. The Morgan fingerprint density at radius 3 is 2.61 bits per heavy atom. The highest BCUT2D eigenvalue weighted by Gasteiger charge is 2.38. The van der Waals surface area contributed by atoms with Crippen molar-refractivity contribution in [3.8, 4) is 5.75 Å². The first kappa shape index (κ1) is 15.8. The molecule has 0 radical (unpaired) electrons. The van der Waals surface area contributed by atoms with Gasteiger partial charge in [0.05, 0.1) is 13.0 Å². The number of hydrogen-bond donors (Lipinski definition) is 1. The summed E-state index contributed by atoms with van der Waals surface area (Å²) in [6.07, 6.45) is 4.92. The molecule has 0 unspecified atom stereocenters. The molecule has 23 heavy (non-hydrogen) atoms. The molecule has 1 heterocycles. The average molecular weight is 316 g/mol. The van der Waals surface area contributed by atoms with E-state index >= 15 is 0 Å². The Kier molecular flexibility index (Phi) is 4.84.